The minimum atomic E-state index is -4.87. The van der Waals surface area contributed by atoms with Gasteiger partial charge in [-0.25, -0.2) is 23.6 Å². The van der Waals surface area contributed by atoms with Crippen LogP contribution in [0.2, 0.25) is 0 Å². The van der Waals surface area contributed by atoms with Crippen LogP contribution in [0.15, 0.2) is 36.4 Å². The molecule has 5 amide bonds. The number of rotatable bonds is 15. The zero-order valence-corrected chi connectivity index (χ0v) is 40.8. The number of Topliss-reactive ketones (excluding diaryl/α,β-unsaturated/α-hetero) is 1. The molecule has 3 aliphatic rings. The molecule has 2 aromatic carbocycles. The van der Waals surface area contributed by atoms with Gasteiger partial charge in [-0.05, 0) is 112 Å². The molecule has 380 valence electrons. The van der Waals surface area contributed by atoms with Gasteiger partial charge in [0.25, 0.3) is 17.7 Å². The third kappa shape index (κ3) is 11.3. The Labute approximate surface area is 408 Å². The van der Waals surface area contributed by atoms with Crippen molar-refractivity contribution < 1.29 is 55.8 Å². The molecule has 4 aromatic rings. The Morgan fingerprint density at radius 3 is 2.34 bits per heavy atom. The lowest BCUT2D eigenvalue weighted by atomic mass is 9.75. The first-order valence-corrected chi connectivity index (χ1v) is 23.6. The van der Waals surface area contributed by atoms with Crippen molar-refractivity contribution in [1.82, 2.24) is 29.5 Å². The number of H-pyrrole nitrogens is 1. The molecule has 2 aromatic heterocycles. The first-order valence-electron chi connectivity index (χ1n) is 23.6. The summed E-state index contributed by atoms with van der Waals surface area (Å²) in [6.45, 7) is 12.2. The van der Waals surface area contributed by atoms with Crippen molar-refractivity contribution in [2.24, 2.45) is 11.1 Å². The highest BCUT2D eigenvalue weighted by molar-refractivity contribution is 6.35. The number of primary amides is 1. The van der Waals surface area contributed by atoms with E-state index in [4.69, 9.17) is 15.2 Å². The third-order valence-electron chi connectivity index (χ3n) is 13.3. The number of aromatic nitrogens is 3. The summed E-state index contributed by atoms with van der Waals surface area (Å²) in [7, 11) is 1.48. The molecule has 1 fully saturated rings. The number of ether oxygens (including phenoxy) is 2. The number of halogens is 4. The van der Waals surface area contributed by atoms with Gasteiger partial charge in [0.15, 0.2) is 11.5 Å². The van der Waals surface area contributed by atoms with E-state index in [9.17, 15) is 46.3 Å². The molecular formula is C50H59F4N9O8. The predicted octanol–water partition coefficient (Wildman–Crippen LogP) is 8.13. The highest BCUT2D eigenvalue weighted by atomic mass is 19.4. The maximum Gasteiger partial charge on any atom is 0.435 e. The number of aromatic amines is 1. The molecule has 0 saturated heterocycles. The fraction of sp³-hybridized carbons (Fsp3) is 0.460. The molecule has 0 unspecified atom stereocenters. The van der Waals surface area contributed by atoms with Crippen LogP contribution in [0.1, 0.15) is 125 Å². The molecule has 17 nitrogen and oxygen atoms in total. The van der Waals surface area contributed by atoms with Gasteiger partial charge in [0.1, 0.15) is 18.5 Å². The van der Waals surface area contributed by atoms with Crippen molar-refractivity contribution in [1.29, 1.82) is 0 Å². The van der Waals surface area contributed by atoms with Crippen molar-refractivity contribution in [2.75, 3.05) is 57.0 Å². The van der Waals surface area contributed by atoms with E-state index in [1.54, 1.807) is 33.8 Å². The Balaban J connectivity index is 0.958. The summed E-state index contributed by atoms with van der Waals surface area (Å²) >= 11 is 0. The van der Waals surface area contributed by atoms with E-state index in [1.165, 1.54) is 48.3 Å². The number of nitrogens with one attached hydrogen (secondary N) is 3. The van der Waals surface area contributed by atoms with Crippen LogP contribution in [0.25, 0.3) is 17.3 Å². The Kier molecular flexibility index (Phi) is 15.1. The minimum Gasteiger partial charge on any atom is -0.447 e. The Bertz CT molecular complexity index is 2790. The number of amides is 5. The molecule has 0 radical (unpaired) electrons. The van der Waals surface area contributed by atoms with E-state index in [0.717, 1.165) is 9.58 Å². The lowest BCUT2D eigenvalue weighted by Crippen LogP contribution is -2.44. The van der Waals surface area contributed by atoms with Crippen LogP contribution in [0.4, 0.5) is 38.5 Å². The van der Waals surface area contributed by atoms with Gasteiger partial charge in [-0.2, -0.15) is 18.3 Å². The van der Waals surface area contributed by atoms with Crippen LogP contribution < -0.4 is 16.4 Å². The number of alkyl halides is 3. The quantitative estimate of drug-likeness (QED) is 0.0659. The van der Waals surface area contributed by atoms with Crippen LogP contribution in [0.3, 0.4) is 0 Å². The summed E-state index contributed by atoms with van der Waals surface area (Å²) in [4.78, 5) is 87.0. The highest BCUT2D eigenvalue weighted by Crippen LogP contribution is 2.42. The number of hydrogen-bond donors (Lipinski definition) is 4. The number of fused-ring (bicyclic) bond motifs is 2. The zero-order valence-electron chi connectivity index (χ0n) is 40.8. The smallest absolute Gasteiger partial charge is 0.435 e. The Morgan fingerprint density at radius 2 is 1.68 bits per heavy atom. The molecule has 0 bridgehead atoms. The van der Waals surface area contributed by atoms with Gasteiger partial charge in [-0.1, -0.05) is 27.7 Å². The summed E-state index contributed by atoms with van der Waals surface area (Å²) in [5.74, 6) is -2.98. The summed E-state index contributed by atoms with van der Waals surface area (Å²) in [6, 6.07) is 8.07. The predicted molar refractivity (Wildman–Crippen MR) is 256 cm³/mol. The van der Waals surface area contributed by atoms with Gasteiger partial charge in [0, 0.05) is 60.9 Å². The van der Waals surface area contributed by atoms with Crippen molar-refractivity contribution in [3.8, 4) is 5.69 Å². The Morgan fingerprint density at radius 1 is 0.972 bits per heavy atom. The van der Waals surface area contributed by atoms with Gasteiger partial charge in [0.05, 0.1) is 40.2 Å². The maximum atomic E-state index is 14.2. The second kappa shape index (κ2) is 20.7. The number of aryl methyl sites for hydroxylation is 1. The maximum absolute atomic E-state index is 14.2. The third-order valence-corrected chi connectivity index (χ3v) is 13.3. The lowest BCUT2D eigenvalue weighted by Gasteiger charge is -2.31. The summed E-state index contributed by atoms with van der Waals surface area (Å²) < 4.78 is 69.1. The van der Waals surface area contributed by atoms with Gasteiger partial charge >= 0.3 is 18.4 Å². The van der Waals surface area contributed by atoms with Crippen LogP contribution in [0, 0.1) is 25.1 Å². The lowest BCUT2D eigenvalue weighted by molar-refractivity contribution is -0.141. The molecule has 5 N–H and O–H groups in total. The van der Waals surface area contributed by atoms with Gasteiger partial charge < -0.3 is 40.6 Å². The average Bonchev–Trinajstić information content (AvgIpc) is 3.94. The first-order chi connectivity index (χ1) is 33.5. The van der Waals surface area contributed by atoms with E-state index in [-0.39, 0.29) is 72.3 Å². The molecule has 0 atom stereocenters. The number of nitrogens with zero attached hydrogens (tertiary/aromatic N) is 5. The number of carbonyl (C=O) groups is 6. The van der Waals surface area contributed by atoms with Crippen LogP contribution in [-0.4, -0.2) is 124 Å². The molecule has 71 heavy (non-hydrogen) atoms. The summed E-state index contributed by atoms with van der Waals surface area (Å²) in [5, 5.41) is 9.89. The molecule has 1 saturated carbocycles. The number of likely N-dealkylation sites (N-methyl/N-ethyl adjacent to an activating group) is 2. The van der Waals surface area contributed by atoms with E-state index < -0.39 is 70.5 Å². The number of imide groups is 1. The summed E-state index contributed by atoms with van der Waals surface area (Å²) in [5.41, 5.74) is 6.71. The second-order valence-corrected chi connectivity index (χ2v) is 19.0. The number of benzene rings is 2. The van der Waals surface area contributed by atoms with Crippen molar-refractivity contribution in [2.45, 2.75) is 98.4 Å². The molecule has 3 heterocycles. The average molecular weight is 990 g/mol. The highest BCUT2D eigenvalue weighted by Gasteiger charge is 2.45. The molecule has 21 heteroatoms. The van der Waals surface area contributed by atoms with Crippen molar-refractivity contribution in [3.05, 3.63) is 92.8 Å². The van der Waals surface area contributed by atoms with Gasteiger partial charge in [0.2, 0.25) is 0 Å². The first kappa shape index (κ1) is 51.8. The van der Waals surface area contributed by atoms with Crippen molar-refractivity contribution >= 4 is 58.7 Å². The fourth-order valence-electron chi connectivity index (χ4n) is 9.45. The van der Waals surface area contributed by atoms with E-state index in [1.807, 2.05) is 18.7 Å². The van der Waals surface area contributed by atoms with Gasteiger partial charge in [-0.15, -0.1) is 0 Å². The summed E-state index contributed by atoms with van der Waals surface area (Å²) in [6.07, 6.45) is -3.47. The Hall–Kier alpha value is -7.03. The van der Waals surface area contributed by atoms with E-state index in [2.05, 4.69) is 20.7 Å². The van der Waals surface area contributed by atoms with Crippen LogP contribution in [-0.2, 0) is 26.9 Å². The number of anilines is 2. The standard InChI is InChI=1S/C50H59F4N9O8/c1-8-61(9-2)18-19-62(46(67)41-27(3)37(56-28(41)4)24-35-34-22-29(51)10-17-36(34)58-45(35)66)48(69)70-21-20-60(7)47(68)71-32-14-11-30(12-15-32)57-38-23-31(13-16-33(38)44(55)65)63-39-25-49(5,6)26-40(64)42(39)43(59-63)50(52,53)54/h10,13,16-17,22-24,30,32,56-57H,8-9,11-12,14-15,18-21,25-26H2,1-7H3,(H2,55,65)(H,58,66). The molecule has 0 spiro atoms. The molecular weight excluding hydrogens is 931 g/mol. The number of hydrogen-bond acceptors (Lipinski definition) is 11. The topological polar surface area (TPSA) is 214 Å². The molecule has 7 rings (SSSR count). The normalized spacial score (nSPS) is 17.9. The van der Waals surface area contributed by atoms with E-state index >= 15 is 0 Å². The number of ketones is 1. The number of nitrogens with two attached hydrogens (primary N) is 1. The molecule has 2 aliphatic carbocycles. The van der Waals surface area contributed by atoms with Crippen LogP contribution in [0.5, 0.6) is 0 Å². The van der Waals surface area contributed by atoms with E-state index in [0.29, 0.717) is 73.5 Å². The number of carbonyl (C=O) groups excluding carboxylic acids is 6. The largest absolute Gasteiger partial charge is 0.447 e. The second-order valence-electron chi connectivity index (χ2n) is 19.0. The van der Waals surface area contributed by atoms with Crippen LogP contribution >= 0.6 is 0 Å². The monoisotopic (exact) mass is 989 g/mol. The fourth-order valence-corrected chi connectivity index (χ4v) is 9.45. The molecule has 1 aliphatic heterocycles. The minimum absolute atomic E-state index is 0.00482. The SMILES string of the molecule is CCN(CC)CCN(C(=O)OCCN(C)C(=O)OC1CCC(Nc2cc(-n3nc(C(F)(F)F)c4c3CC(C)(C)CC4=O)ccc2C(N)=O)CC1)C(=O)c1c(C)[nH]c(C=C2C(=O)Nc3ccc(F)cc32)c1C. The van der Waals surface area contributed by atoms with Gasteiger partial charge in [-0.3, -0.25) is 19.2 Å². The zero-order chi connectivity index (χ0) is 51.7. The van der Waals surface area contributed by atoms with Crippen molar-refractivity contribution in [3.63, 3.8) is 0 Å².